The van der Waals surface area contributed by atoms with Crippen molar-refractivity contribution < 1.29 is 14.0 Å². The highest BCUT2D eigenvalue weighted by atomic mass is 35.5. The SMILES string of the molecule is C[C@@H]1C(=O)N(c2ccccc2Cl)CCN1C(=O)c1cccc(F)c1. The summed E-state index contributed by atoms with van der Waals surface area (Å²) in [6, 6.07) is 11.9. The molecule has 124 valence electrons. The Hall–Kier alpha value is -2.40. The van der Waals surface area contributed by atoms with Crippen molar-refractivity contribution in [3.8, 4) is 0 Å². The molecular weight excluding hydrogens is 331 g/mol. The summed E-state index contributed by atoms with van der Waals surface area (Å²) in [6.07, 6.45) is 0. The highest BCUT2D eigenvalue weighted by molar-refractivity contribution is 6.33. The standard InChI is InChI=1S/C18H16ClFN2O2/c1-12-17(23)22(16-8-3-2-7-15(16)19)10-9-21(12)18(24)13-5-4-6-14(20)11-13/h2-8,11-12H,9-10H2,1H3/t12-/m1/s1. The molecular formula is C18H16ClFN2O2. The van der Waals surface area contributed by atoms with Crippen LogP contribution in [0.25, 0.3) is 0 Å². The molecule has 0 saturated carbocycles. The third-order valence-electron chi connectivity index (χ3n) is 4.13. The fourth-order valence-corrected chi connectivity index (χ4v) is 3.08. The van der Waals surface area contributed by atoms with Crippen molar-refractivity contribution in [2.75, 3.05) is 18.0 Å². The van der Waals surface area contributed by atoms with Crippen LogP contribution in [0.15, 0.2) is 48.5 Å². The molecule has 24 heavy (non-hydrogen) atoms. The van der Waals surface area contributed by atoms with E-state index in [-0.39, 0.29) is 17.4 Å². The summed E-state index contributed by atoms with van der Waals surface area (Å²) in [5, 5.41) is 0.489. The molecule has 2 amide bonds. The van der Waals surface area contributed by atoms with Crippen LogP contribution in [0.3, 0.4) is 0 Å². The summed E-state index contributed by atoms with van der Waals surface area (Å²) in [5.41, 5.74) is 0.870. The van der Waals surface area contributed by atoms with Crippen LogP contribution < -0.4 is 4.90 Å². The van der Waals surface area contributed by atoms with Crippen molar-refractivity contribution >= 4 is 29.1 Å². The number of amides is 2. The maximum Gasteiger partial charge on any atom is 0.254 e. The summed E-state index contributed by atoms with van der Waals surface area (Å²) in [7, 11) is 0. The summed E-state index contributed by atoms with van der Waals surface area (Å²) in [6.45, 7) is 2.37. The van der Waals surface area contributed by atoms with Crippen molar-refractivity contribution in [1.29, 1.82) is 0 Å². The van der Waals surface area contributed by atoms with Crippen molar-refractivity contribution in [3.05, 3.63) is 64.9 Å². The number of halogens is 2. The first-order valence-electron chi connectivity index (χ1n) is 7.61. The molecule has 6 heteroatoms. The first-order chi connectivity index (χ1) is 11.5. The Labute approximate surface area is 144 Å². The number of anilines is 1. The van der Waals surface area contributed by atoms with E-state index in [0.717, 1.165) is 0 Å². The fourth-order valence-electron chi connectivity index (χ4n) is 2.84. The van der Waals surface area contributed by atoms with Crippen LogP contribution in [-0.4, -0.2) is 35.8 Å². The van der Waals surface area contributed by atoms with E-state index < -0.39 is 11.9 Å². The van der Waals surface area contributed by atoms with Gasteiger partial charge in [-0.3, -0.25) is 9.59 Å². The minimum absolute atomic E-state index is 0.209. The predicted molar refractivity (Wildman–Crippen MR) is 90.7 cm³/mol. The number of hydrogen-bond acceptors (Lipinski definition) is 2. The van der Waals surface area contributed by atoms with Crippen molar-refractivity contribution in [3.63, 3.8) is 0 Å². The van der Waals surface area contributed by atoms with Crippen LogP contribution in [0, 0.1) is 5.82 Å². The van der Waals surface area contributed by atoms with Gasteiger partial charge in [-0.05, 0) is 37.3 Å². The van der Waals surface area contributed by atoms with Crippen LogP contribution in [0.2, 0.25) is 5.02 Å². The lowest BCUT2D eigenvalue weighted by Gasteiger charge is -2.39. The molecule has 0 radical (unpaired) electrons. The van der Waals surface area contributed by atoms with Gasteiger partial charge in [0.1, 0.15) is 11.9 Å². The number of piperazine rings is 1. The molecule has 0 aromatic heterocycles. The van der Waals surface area contributed by atoms with E-state index in [1.54, 1.807) is 36.1 Å². The Morgan fingerprint density at radius 2 is 1.92 bits per heavy atom. The van der Waals surface area contributed by atoms with Crippen molar-refractivity contribution in [2.24, 2.45) is 0 Å². The lowest BCUT2D eigenvalue weighted by Crippen LogP contribution is -2.57. The first-order valence-corrected chi connectivity index (χ1v) is 7.99. The number of nitrogens with zero attached hydrogens (tertiary/aromatic N) is 2. The molecule has 4 nitrogen and oxygen atoms in total. The van der Waals surface area contributed by atoms with E-state index in [9.17, 15) is 14.0 Å². The minimum atomic E-state index is -0.647. The van der Waals surface area contributed by atoms with Gasteiger partial charge in [-0.2, -0.15) is 0 Å². The van der Waals surface area contributed by atoms with Gasteiger partial charge in [0.15, 0.2) is 0 Å². The smallest absolute Gasteiger partial charge is 0.254 e. The Morgan fingerprint density at radius 1 is 1.17 bits per heavy atom. The van der Waals surface area contributed by atoms with E-state index in [0.29, 0.717) is 23.8 Å². The fraction of sp³-hybridized carbons (Fsp3) is 0.222. The third kappa shape index (κ3) is 2.99. The Bertz CT molecular complexity index is 796. The predicted octanol–water partition coefficient (Wildman–Crippen LogP) is 3.36. The van der Waals surface area contributed by atoms with Crippen LogP contribution in [0.4, 0.5) is 10.1 Å². The van der Waals surface area contributed by atoms with E-state index >= 15 is 0 Å². The van der Waals surface area contributed by atoms with Gasteiger partial charge >= 0.3 is 0 Å². The molecule has 1 aliphatic rings. The van der Waals surface area contributed by atoms with Crippen LogP contribution >= 0.6 is 11.6 Å². The second kappa shape index (κ2) is 6.61. The molecule has 1 saturated heterocycles. The maximum atomic E-state index is 13.3. The molecule has 2 aromatic rings. The van der Waals surface area contributed by atoms with Gasteiger partial charge in [0.05, 0.1) is 10.7 Å². The van der Waals surface area contributed by atoms with Crippen LogP contribution in [-0.2, 0) is 4.79 Å². The monoisotopic (exact) mass is 346 g/mol. The number of hydrogen-bond donors (Lipinski definition) is 0. The van der Waals surface area contributed by atoms with E-state index in [2.05, 4.69) is 0 Å². The zero-order chi connectivity index (χ0) is 17.3. The first kappa shape index (κ1) is 16.5. The van der Waals surface area contributed by atoms with Gasteiger partial charge in [0.2, 0.25) is 5.91 Å². The number of carbonyl (C=O) groups is 2. The lowest BCUT2D eigenvalue weighted by atomic mass is 10.1. The Morgan fingerprint density at radius 3 is 2.62 bits per heavy atom. The molecule has 1 fully saturated rings. The van der Waals surface area contributed by atoms with Gasteiger partial charge in [-0.15, -0.1) is 0 Å². The zero-order valence-corrected chi connectivity index (χ0v) is 13.8. The molecule has 1 aliphatic heterocycles. The topological polar surface area (TPSA) is 40.6 Å². The second-order valence-electron chi connectivity index (χ2n) is 5.63. The molecule has 2 aromatic carbocycles. The van der Waals surface area contributed by atoms with Crippen molar-refractivity contribution in [1.82, 2.24) is 4.90 Å². The van der Waals surface area contributed by atoms with Gasteiger partial charge in [-0.1, -0.05) is 29.8 Å². The summed E-state index contributed by atoms with van der Waals surface area (Å²) in [4.78, 5) is 28.3. The third-order valence-corrected chi connectivity index (χ3v) is 4.45. The summed E-state index contributed by atoms with van der Waals surface area (Å²) >= 11 is 6.17. The molecule has 1 heterocycles. The largest absolute Gasteiger partial charge is 0.325 e. The maximum absolute atomic E-state index is 13.3. The highest BCUT2D eigenvalue weighted by Crippen LogP contribution is 2.28. The lowest BCUT2D eigenvalue weighted by molar-refractivity contribution is -0.124. The van der Waals surface area contributed by atoms with Crippen molar-refractivity contribution in [2.45, 2.75) is 13.0 Å². The minimum Gasteiger partial charge on any atom is -0.325 e. The quantitative estimate of drug-likeness (QED) is 0.836. The van der Waals surface area contributed by atoms with E-state index in [1.165, 1.54) is 23.1 Å². The zero-order valence-electron chi connectivity index (χ0n) is 13.1. The van der Waals surface area contributed by atoms with Gasteiger partial charge < -0.3 is 9.80 Å². The van der Waals surface area contributed by atoms with E-state index in [1.807, 2.05) is 6.07 Å². The highest BCUT2D eigenvalue weighted by Gasteiger charge is 2.35. The molecule has 1 atom stereocenters. The van der Waals surface area contributed by atoms with Gasteiger partial charge in [0, 0.05) is 18.7 Å². The average molecular weight is 347 g/mol. The van der Waals surface area contributed by atoms with E-state index in [4.69, 9.17) is 11.6 Å². The van der Waals surface area contributed by atoms with Gasteiger partial charge in [-0.25, -0.2) is 4.39 Å². The molecule has 0 spiro atoms. The number of para-hydroxylation sites is 1. The number of rotatable bonds is 2. The van der Waals surface area contributed by atoms with Gasteiger partial charge in [0.25, 0.3) is 5.91 Å². The van der Waals surface area contributed by atoms with Crippen LogP contribution in [0.5, 0.6) is 0 Å². The molecule has 0 unspecified atom stereocenters. The number of carbonyl (C=O) groups excluding carboxylic acids is 2. The summed E-state index contributed by atoms with van der Waals surface area (Å²) < 4.78 is 13.3. The van der Waals surface area contributed by atoms with Crippen LogP contribution in [0.1, 0.15) is 17.3 Å². The molecule has 0 bridgehead atoms. The average Bonchev–Trinajstić information content (AvgIpc) is 2.57. The number of benzene rings is 2. The summed E-state index contributed by atoms with van der Waals surface area (Å²) in [5.74, 6) is -1.04. The Balaban J connectivity index is 1.83. The second-order valence-corrected chi connectivity index (χ2v) is 6.03. The normalized spacial score (nSPS) is 18.0. The molecule has 0 aliphatic carbocycles. The molecule has 3 rings (SSSR count). The molecule has 0 N–H and O–H groups in total. The Kier molecular flexibility index (Phi) is 4.53.